The van der Waals surface area contributed by atoms with Crippen molar-refractivity contribution in [3.63, 3.8) is 0 Å². The molecule has 2 aromatic heterocycles. The van der Waals surface area contributed by atoms with E-state index in [1.165, 1.54) is 29.4 Å². The smallest absolute Gasteiger partial charge is 0.296 e. The Morgan fingerprint density at radius 3 is 2.28 bits per heavy atom. The lowest BCUT2D eigenvalue weighted by atomic mass is 9.85. The number of thiazole rings is 2. The van der Waals surface area contributed by atoms with E-state index in [4.69, 9.17) is 0 Å². The van der Waals surface area contributed by atoms with Crippen molar-refractivity contribution in [1.82, 2.24) is 9.97 Å². The molecule has 1 amide bonds. The monoisotopic (exact) mass is 579 g/mol. The van der Waals surface area contributed by atoms with Crippen molar-refractivity contribution in [2.24, 2.45) is 0 Å². The van der Waals surface area contributed by atoms with Gasteiger partial charge in [0.15, 0.2) is 15.9 Å². The first-order chi connectivity index (χ1) is 18.4. The number of nitrogens with zero attached hydrogens (tertiary/aromatic N) is 3. The molecule has 0 aliphatic carbocycles. The molecule has 3 heterocycles. The molecule has 1 N–H and O–H groups in total. The predicted octanol–water partition coefficient (Wildman–Crippen LogP) is 5.82. The summed E-state index contributed by atoms with van der Waals surface area (Å²) in [7, 11) is -3.90. The quantitative estimate of drug-likeness (QED) is 0.286. The Kier molecular flexibility index (Phi) is 6.78. The lowest BCUT2D eigenvalue weighted by molar-refractivity contribution is -0.117. The van der Waals surface area contributed by atoms with Gasteiger partial charge in [0.2, 0.25) is 15.6 Å². The van der Waals surface area contributed by atoms with Gasteiger partial charge < -0.3 is 5.11 Å². The number of aliphatic hydroxyl groups is 1. The minimum atomic E-state index is -3.90. The number of hydrogen-bond acceptors (Lipinski definition) is 9. The summed E-state index contributed by atoms with van der Waals surface area (Å²) < 4.78 is 26.5. The fraction of sp³-hybridized carbons (Fsp3) is 0.214. The molecule has 5 rings (SSSR count). The molecule has 0 spiro atoms. The number of hydrogen-bond donors (Lipinski definition) is 1. The van der Waals surface area contributed by atoms with E-state index in [-0.39, 0.29) is 30.2 Å². The first-order valence-corrected chi connectivity index (χ1v) is 15.2. The van der Waals surface area contributed by atoms with Gasteiger partial charge in [0, 0.05) is 11.6 Å². The fourth-order valence-electron chi connectivity index (χ4n) is 4.29. The summed E-state index contributed by atoms with van der Waals surface area (Å²) in [5.74, 6) is -2.13. The Bertz CT molecular complexity index is 1700. The molecule has 1 unspecified atom stereocenters. The highest BCUT2D eigenvalue weighted by Crippen LogP contribution is 2.44. The molecule has 1 aliphatic heterocycles. The Morgan fingerprint density at radius 1 is 1.03 bits per heavy atom. The number of sulfone groups is 1. The van der Waals surface area contributed by atoms with E-state index in [0.717, 1.165) is 33.8 Å². The largest absolute Gasteiger partial charge is 0.503 e. The molecule has 11 heteroatoms. The number of anilines is 1. The van der Waals surface area contributed by atoms with Crippen LogP contribution in [-0.4, -0.2) is 35.2 Å². The number of carbonyl (C=O) groups excluding carboxylic acids is 2. The Balaban J connectivity index is 1.61. The highest BCUT2D eigenvalue weighted by atomic mass is 32.2. The average Bonchev–Trinajstić information content (AvgIpc) is 3.65. The van der Waals surface area contributed by atoms with E-state index in [2.05, 4.69) is 30.7 Å². The molecule has 0 fully saturated rings. The summed E-state index contributed by atoms with van der Waals surface area (Å²) in [5.41, 5.74) is 2.27. The Morgan fingerprint density at radius 2 is 1.69 bits per heavy atom. The van der Waals surface area contributed by atoms with E-state index >= 15 is 0 Å². The number of carbonyl (C=O) groups is 2. The highest BCUT2D eigenvalue weighted by Gasteiger charge is 2.46. The standard InChI is InChI=1S/C28H25N3O5S3/c1-16-5-11-19(12-6-16)39(35,36)20-15-30-27(38-20)31-22(17-7-9-18(10-8-17)28(2,3)4)21(24(33)26(31)34)23(32)25-29-13-14-37-25/h5-15,22,33H,1-4H3. The molecule has 39 heavy (non-hydrogen) atoms. The van der Waals surface area contributed by atoms with Crippen LogP contribution >= 0.6 is 22.7 Å². The van der Waals surface area contributed by atoms with E-state index in [1.807, 2.05) is 19.1 Å². The topological polar surface area (TPSA) is 118 Å². The molecular weight excluding hydrogens is 555 g/mol. The van der Waals surface area contributed by atoms with E-state index < -0.39 is 33.3 Å². The second kappa shape index (κ2) is 9.82. The van der Waals surface area contributed by atoms with Crippen molar-refractivity contribution in [3.05, 3.63) is 99.3 Å². The van der Waals surface area contributed by atoms with Gasteiger partial charge in [0.25, 0.3) is 5.91 Å². The van der Waals surface area contributed by atoms with Crippen LogP contribution in [0.25, 0.3) is 0 Å². The number of rotatable bonds is 6. The van der Waals surface area contributed by atoms with Gasteiger partial charge in [-0.25, -0.2) is 18.4 Å². The summed E-state index contributed by atoms with van der Waals surface area (Å²) in [6, 6.07) is 12.8. The maximum absolute atomic E-state index is 13.5. The van der Waals surface area contributed by atoms with E-state index in [9.17, 15) is 23.1 Å². The van der Waals surface area contributed by atoms with Crippen LogP contribution in [0.5, 0.6) is 0 Å². The van der Waals surface area contributed by atoms with Gasteiger partial charge >= 0.3 is 0 Å². The van der Waals surface area contributed by atoms with Crippen molar-refractivity contribution in [1.29, 1.82) is 0 Å². The molecule has 2 aromatic carbocycles. The second-order valence-corrected chi connectivity index (χ2v) is 14.2. The number of aryl methyl sites for hydroxylation is 1. The van der Waals surface area contributed by atoms with Crippen LogP contribution < -0.4 is 4.90 Å². The third-order valence-corrected chi connectivity index (χ3v) is 10.4. The maximum Gasteiger partial charge on any atom is 0.296 e. The van der Waals surface area contributed by atoms with Gasteiger partial charge in [-0.1, -0.05) is 74.1 Å². The zero-order valence-corrected chi connectivity index (χ0v) is 24.0. The fourth-order valence-corrected chi connectivity index (χ4v) is 7.42. The molecule has 0 radical (unpaired) electrons. The Labute approximate surface area is 234 Å². The van der Waals surface area contributed by atoms with Gasteiger partial charge in [-0.05, 0) is 35.6 Å². The lowest BCUT2D eigenvalue weighted by Crippen LogP contribution is -2.31. The normalized spacial score (nSPS) is 16.3. The second-order valence-electron chi connectivity index (χ2n) is 10.2. The number of aromatic nitrogens is 2. The van der Waals surface area contributed by atoms with Gasteiger partial charge in [-0.2, -0.15) is 0 Å². The SMILES string of the molecule is Cc1ccc(S(=O)(=O)c2cnc(N3C(=O)C(O)=C(C(=O)c4nccs4)C3c3ccc(C(C)(C)C)cc3)s2)cc1. The number of Topliss-reactive ketones (excluding diaryl/α,β-unsaturated/α-hetero) is 1. The summed E-state index contributed by atoms with van der Waals surface area (Å²) in [5, 5.41) is 12.8. The van der Waals surface area contributed by atoms with Crippen molar-refractivity contribution in [3.8, 4) is 0 Å². The Hall–Kier alpha value is -3.67. The van der Waals surface area contributed by atoms with Gasteiger partial charge in [0.1, 0.15) is 4.21 Å². The van der Waals surface area contributed by atoms with Gasteiger partial charge in [-0.3, -0.25) is 14.5 Å². The lowest BCUT2D eigenvalue weighted by Gasteiger charge is -2.25. The molecule has 8 nitrogen and oxygen atoms in total. The van der Waals surface area contributed by atoms with Crippen molar-refractivity contribution in [2.45, 2.75) is 48.3 Å². The molecule has 0 saturated carbocycles. The zero-order valence-electron chi connectivity index (χ0n) is 21.6. The number of benzene rings is 2. The molecule has 4 aromatic rings. The summed E-state index contributed by atoms with van der Waals surface area (Å²) in [6.45, 7) is 8.07. The summed E-state index contributed by atoms with van der Waals surface area (Å²) in [4.78, 5) is 36.5. The summed E-state index contributed by atoms with van der Waals surface area (Å²) in [6.07, 6.45) is 2.67. The number of ketones is 1. The van der Waals surface area contributed by atoms with Crippen LogP contribution in [0.1, 0.15) is 53.3 Å². The van der Waals surface area contributed by atoms with Crippen LogP contribution in [0.3, 0.4) is 0 Å². The molecule has 0 saturated heterocycles. The van der Waals surface area contributed by atoms with Gasteiger partial charge in [-0.15, -0.1) is 11.3 Å². The van der Waals surface area contributed by atoms with Crippen LogP contribution in [-0.2, 0) is 20.0 Å². The number of amides is 1. The molecule has 1 aliphatic rings. The minimum Gasteiger partial charge on any atom is -0.503 e. The van der Waals surface area contributed by atoms with Gasteiger partial charge in [0.05, 0.1) is 22.7 Å². The molecule has 1 atom stereocenters. The van der Waals surface area contributed by atoms with E-state index in [0.29, 0.717) is 5.56 Å². The molecule has 0 bridgehead atoms. The van der Waals surface area contributed by atoms with Crippen molar-refractivity contribution >= 4 is 49.3 Å². The van der Waals surface area contributed by atoms with Crippen molar-refractivity contribution in [2.75, 3.05) is 4.90 Å². The van der Waals surface area contributed by atoms with Crippen LogP contribution in [0.4, 0.5) is 5.13 Å². The average molecular weight is 580 g/mol. The predicted molar refractivity (Wildman–Crippen MR) is 150 cm³/mol. The highest BCUT2D eigenvalue weighted by molar-refractivity contribution is 7.93. The third kappa shape index (κ3) is 4.81. The van der Waals surface area contributed by atoms with Crippen LogP contribution in [0, 0.1) is 6.92 Å². The first kappa shape index (κ1) is 26.9. The van der Waals surface area contributed by atoms with Crippen molar-refractivity contribution < 1.29 is 23.1 Å². The number of aliphatic hydroxyl groups excluding tert-OH is 1. The van der Waals surface area contributed by atoms with E-state index in [1.54, 1.807) is 29.6 Å². The van der Waals surface area contributed by atoms with Crippen LogP contribution in [0.15, 0.2) is 86.7 Å². The molecule has 200 valence electrons. The third-order valence-electron chi connectivity index (χ3n) is 6.45. The maximum atomic E-state index is 13.5. The first-order valence-electron chi connectivity index (χ1n) is 12.0. The summed E-state index contributed by atoms with van der Waals surface area (Å²) >= 11 is 1.90. The molecular formula is C28H25N3O5S3. The zero-order chi connectivity index (χ0) is 28.1. The van der Waals surface area contributed by atoms with Crippen LogP contribution in [0.2, 0.25) is 0 Å². The minimum absolute atomic E-state index is 0.0454.